The van der Waals surface area contributed by atoms with Crippen LogP contribution in [-0.4, -0.2) is 22.7 Å². The Morgan fingerprint density at radius 1 is 1.12 bits per heavy atom. The van der Waals surface area contributed by atoms with Gasteiger partial charge in [0.15, 0.2) is 6.61 Å². The Kier molecular flexibility index (Phi) is 5.30. The summed E-state index contributed by atoms with van der Waals surface area (Å²) in [6.45, 7) is 2.25. The molecule has 1 heterocycles. The molecule has 128 valence electrons. The third kappa shape index (κ3) is 4.36. The number of carbonyl (C=O) groups excluding carboxylic acids is 1. The van der Waals surface area contributed by atoms with Gasteiger partial charge in [0.2, 0.25) is 5.82 Å². The van der Waals surface area contributed by atoms with Crippen molar-refractivity contribution < 1.29 is 18.8 Å². The third-order valence-corrected chi connectivity index (χ3v) is 3.54. The van der Waals surface area contributed by atoms with Gasteiger partial charge >= 0.3 is 5.97 Å². The maximum absolute atomic E-state index is 11.6. The molecule has 0 aliphatic rings. The van der Waals surface area contributed by atoms with Crippen LogP contribution in [0.5, 0.6) is 5.75 Å². The lowest BCUT2D eigenvalue weighted by molar-refractivity contribution is 0.0526. The Morgan fingerprint density at radius 2 is 1.84 bits per heavy atom. The van der Waals surface area contributed by atoms with Gasteiger partial charge in [-0.1, -0.05) is 16.8 Å². The monoisotopic (exact) mass is 358 g/mol. The summed E-state index contributed by atoms with van der Waals surface area (Å²) < 4.78 is 15.7. The molecule has 0 fully saturated rings. The van der Waals surface area contributed by atoms with E-state index in [9.17, 15) is 4.79 Å². The van der Waals surface area contributed by atoms with Crippen LogP contribution < -0.4 is 4.74 Å². The lowest BCUT2D eigenvalue weighted by Crippen LogP contribution is -2.04. The average Bonchev–Trinajstić information content (AvgIpc) is 3.10. The van der Waals surface area contributed by atoms with Gasteiger partial charge in [0, 0.05) is 10.6 Å². The van der Waals surface area contributed by atoms with E-state index in [0.29, 0.717) is 34.7 Å². The second-order valence-corrected chi connectivity index (χ2v) is 5.49. The van der Waals surface area contributed by atoms with Gasteiger partial charge in [0.25, 0.3) is 5.89 Å². The third-order valence-electron chi connectivity index (χ3n) is 3.29. The topological polar surface area (TPSA) is 74.5 Å². The number of aromatic nitrogens is 2. The van der Waals surface area contributed by atoms with E-state index >= 15 is 0 Å². The largest absolute Gasteiger partial charge is 0.485 e. The van der Waals surface area contributed by atoms with Crippen LogP contribution in [0.2, 0.25) is 5.02 Å². The molecule has 3 aromatic rings. The van der Waals surface area contributed by atoms with Crippen molar-refractivity contribution in [2.75, 3.05) is 6.61 Å². The fourth-order valence-electron chi connectivity index (χ4n) is 2.07. The van der Waals surface area contributed by atoms with Gasteiger partial charge in [-0.2, -0.15) is 4.98 Å². The first-order valence-corrected chi connectivity index (χ1v) is 8.02. The molecule has 6 nitrogen and oxygen atoms in total. The minimum atomic E-state index is -0.361. The molecule has 0 N–H and O–H groups in total. The van der Waals surface area contributed by atoms with Crippen LogP contribution in [0.3, 0.4) is 0 Å². The molecule has 0 saturated carbocycles. The van der Waals surface area contributed by atoms with Gasteiger partial charge in [-0.05, 0) is 55.5 Å². The fraction of sp³-hybridized carbons (Fsp3) is 0.167. The van der Waals surface area contributed by atoms with Crippen LogP contribution in [0, 0.1) is 0 Å². The van der Waals surface area contributed by atoms with Crippen LogP contribution in [-0.2, 0) is 11.3 Å². The van der Waals surface area contributed by atoms with Crippen molar-refractivity contribution in [1.82, 2.24) is 10.1 Å². The van der Waals surface area contributed by atoms with Gasteiger partial charge < -0.3 is 14.0 Å². The molecule has 2 aromatic carbocycles. The summed E-state index contributed by atoms with van der Waals surface area (Å²) >= 11 is 5.85. The van der Waals surface area contributed by atoms with Gasteiger partial charge in [-0.3, -0.25) is 0 Å². The molecule has 0 atom stereocenters. The molecular formula is C18H15ClN2O4. The van der Waals surface area contributed by atoms with Crippen molar-refractivity contribution >= 4 is 17.6 Å². The molecule has 0 amide bonds. The average molecular weight is 359 g/mol. The molecule has 0 saturated heterocycles. The first-order chi connectivity index (χ1) is 12.2. The summed E-state index contributed by atoms with van der Waals surface area (Å²) in [6, 6.07) is 13.8. The Balaban J connectivity index is 1.60. The summed E-state index contributed by atoms with van der Waals surface area (Å²) in [4.78, 5) is 15.9. The minimum absolute atomic E-state index is 0.149. The van der Waals surface area contributed by atoms with Crippen LogP contribution in [0.1, 0.15) is 23.1 Å². The van der Waals surface area contributed by atoms with Gasteiger partial charge in [-0.15, -0.1) is 0 Å². The Labute approximate surface area is 149 Å². The van der Waals surface area contributed by atoms with Crippen molar-refractivity contribution in [2.45, 2.75) is 13.5 Å². The number of halogens is 1. The molecule has 0 aliphatic carbocycles. The Bertz CT molecular complexity index is 844. The zero-order chi connectivity index (χ0) is 17.6. The first-order valence-electron chi connectivity index (χ1n) is 7.64. The van der Waals surface area contributed by atoms with E-state index in [-0.39, 0.29) is 12.6 Å². The quantitative estimate of drug-likeness (QED) is 0.616. The van der Waals surface area contributed by atoms with Crippen molar-refractivity contribution in [2.24, 2.45) is 0 Å². The predicted molar refractivity (Wildman–Crippen MR) is 91.5 cm³/mol. The molecular weight excluding hydrogens is 344 g/mol. The van der Waals surface area contributed by atoms with Crippen LogP contribution >= 0.6 is 11.6 Å². The molecule has 3 rings (SSSR count). The fourth-order valence-corrected chi connectivity index (χ4v) is 2.20. The number of benzene rings is 2. The Morgan fingerprint density at radius 3 is 2.52 bits per heavy atom. The highest BCUT2D eigenvalue weighted by molar-refractivity contribution is 6.30. The van der Waals surface area contributed by atoms with Crippen molar-refractivity contribution in [1.29, 1.82) is 0 Å². The highest BCUT2D eigenvalue weighted by atomic mass is 35.5. The van der Waals surface area contributed by atoms with Gasteiger partial charge in [0.1, 0.15) is 5.75 Å². The number of nitrogens with zero attached hydrogens (tertiary/aromatic N) is 2. The van der Waals surface area contributed by atoms with E-state index in [0.717, 1.165) is 5.56 Å². The molecule has 25 heavy (non-hydrogen) atoms. The van der Waals surface area contributed by atoms with E-state index < -0.39 is 0 Å². The molecule has 0 radical (unpaired) electrons. The second kappa shape index (κ2) is 7.81. The molecule has 7 heteroatoms. The van der Waals surface area contributed by atoms with E-state index in [1.54, 1.807) is 55.5 Å². The van der Waals surface area contributed by atoms with E-state index in [2.05, 4.69) is 10.1 Å². The molecule has 0 aliphatic heterocycles. The van der Waals surface area contributed by atoms with Gasteiger partial charge in [-0.25, -0.2) is 4.79 Å². The highest BCUT2D eigenvalue weighted by Crippen LogP contribution is 2.20. The lowest BCUT2D eigenvalue weighted by Gasteiger charge is -2.05. The van der Waals surface area contributed by atoms with E-state index in [4.69, 9.17) is 25.6 Å². The van der Waals surface area contributed by atoms with Crippen LogP contribution in [0.15, 0.2) is 53.1 Å². The summed E-state index contributed by atoms with van der Waals surface area (Å²) in [6.07, 6.45) is 0. The second-order valence-electron chi connectivity index (χ2n) is 5.06. The standard InChI is InChI=1S/C18H15ClN2O4/c1-2-23-18(22)13-5-9-15(10-6-13)24-11-16-20-17(25-21-16)12-3-7-14(19)8-4-12/h3-10H,2,11H2,1H3. The summed E-state index contributed by atoms with van der Waals surface area (Å²) in [5.74, 6) is 1.04. The number of carbonyl (C=O) groups is 1. The van der Waals surface area contributed by atoms with Crippen molar-refractivity contribution in [3.8, 4) is 17.2 Å². The van der Waals surface area contributed by atoms with Crippen molar-refractivity contribution in [3.63, 3.8) is 0 Å². The maximum Gasteiger partial charge on any atom is 0.338 e. The molecule has 0 spiro atoms. The van der Waals surface area contributed by atoms with Crippen LogP contribution in [0.4, 0.5) is 0 Å². The highest BCUT2D eigenvalue weighted by Gasteiger charge is 2.10. The number of hydrogen-bond donors (Lipinski definition) is 0. The maximum atomic E-state index is 11.6. The van der Waals surface area contributed by atoms with Gasteiger partial charge in [0.05, 0.1) is 12.2 Å². The summed E-state index contributed by atoms with van der Waals surface area (Å²) in [5, 5.41) is 4.52. The summed E-state index contributed by atoms with van der Waals surface area (Å²) in [7, 11) is 0. The zero-order valence-electron chi connectivity index (χ0n) is 13.4. The normalized spacial score (nSPS) is 10.5. The zero-order valence-corrected chi connectivity index (χ0v) is 14.2. The number of rotatable bonds is 6. The molecule has 0 unspecified atom stereocenters. The smallest absolute Gasteiger partial charge is 0.338 e. The molecule has 0 bridgehead atoms. The van der Waals surface area contributed by atoms with Crippen molar-refractivity contribution in [3.05, 3.63) is 64.9 Å². The predicted octanol–water partition coefficient (Wildman–Crippen LogP) is 4.15. The number of hydrogen-bond acceptors (Lipinski definition) is 6. The molecule has 1 aromatic heterocycles. The number of esters is 1. The SMILES string of the molecule is CCOC(=O)c1ccc(OCc2noc(-c3ccc(Cl)cc3)n2)cc1. The van der Waals surface area contributed by atoms with Crippen LogP contribution in [0.25, 0.3) is 11.5 Å². The summed E-state index contributed by atoms with van der Waals surface area (Å²) in [5.41, 5.74) is 1.25. The van der Waals surface area contributed by atoms with E-state index in [1.807, 2.05) is 0 Å². The van der Waals surface area contributed by atoms with E-state index in [1.165, 1.54) is 0 Å². The lowest BCUT2D eigenvalue weighted by atomic mass is 10.2. The minimum Gasteiger partial charge on any atom is -0.485 e. The number of ether oxygens (including phenoxy) is 2. The Hall–Kier alpha value is -2.86. The first kappa shape index (κ1) is 17.0.